The fraction of sp³-hybridized carbons (Fsp3) is 0.316. The van der Waals surface area contributed by atoms with E-state index in [1.165, 1.54) is 14.2 Å². The van der Waals surface area contributed by atoms with Crippen LogP contribution in [-0.2, 0) is 0 Å². The minimum absolute atomic E-state index is 0.286. The molecule has 0 heterocycles. The molecule has 0 atom stereocenters. The van der Waals surface area contributed by atoms with E-state index in [0.717, 1.165) is 5.56 Å². The highest BCUT2D eigenvalue weighted by Gasteiger charge is 2.12. The minimum atomic E-state index is -0.405. The third-order valence-corrected chi connectivity index (χ3v) is 3.98. The molecule has 7 nitrogen and oxygen atoms in total. The summed E-state index contributed by atoms with van der Waals surface area (Å²) in [5.41, 5.74) is 1.52. The number of rotatable bonds is 8. The summed E-state index contributed by atoms with van der Waals surface area (Å²) in [6, 6.07) is 8.40. The first-order valence-electron chi connectivity index (χ1n) is 8.22. The van der Waals surface area contributed by atoms with Gasteiger partial charge in [-0.2, -0.15) is 0 Å². The van der Waals surface area contributed by atoms with Gasteiger partial charge in [0.1, 0.15) is 18.1 Å². The number of carbonyl (C=O) groups excluding carboxylic acids is 1. The predicted molar refractivity (Wildman–Crippen MR) is 105 cm³/mol. The van der Waals surface area contributed by atoms with Crippen molar-refractivity contribution in [3.63, 3.8) is 0 Å². The van der Waals surface area contributed by atoms with Crippen molar-refractivity contribution in [1.29, 1.82) is 0 Å². The maximum absolute atomic E-state index is 12.1. The van der Waals surface area contributed by atoms with E-state index in [2.05, 4.69) is 10.6 Å². The topological polar surface area (TPSA) is 78.1 Å². The van der Waals surface area contributed by atoms with Gasteiger partial charge in [0.15, 0.2) is 11.5 Å². The van der Waals surface area contributed by atoms with Crippen LogP contribution in [0.3, 0.4) is 0 Å². The van der Waals surface area contributed by atoms with Crippen LogP contribution in [0.5, 0.6) is 23.0 Å². The van der Waals surface area contributed by atoms with E-state index in [4.69, 9.17) is 30.5 Å². The van der Waals surface area contributed by atoms with Gasteiger partial charge in [-0.3, -0.25) is 0 Å². The number of methoxy groups -OCH3 is 3. The Morgan fingerprint density at radius 2 is 1.67 bits per heavy atom. The minimum Gasteiger partial charge on any atom is -0.495 e. The Morgan fingerprint density at radius 1 is 0.963 bits per heavy atom. The zero-order chi connectivity index (χ0) is 19.8. The Morgan fingerprint density at radius 3 is 2.33 bits per heavy atom. The second-order valence-corrected chi connectivity index (χ2v) is 5.98. The van der Waals surface area contributed by atoms with Crippen molar-refractivity contribution in [2.24, 2.45) is 0 Å². The van der Waals surface area contributed by atoms with E-state index in [1.54, 1.807) is 19.2 Å². The van der Waals surface area contributed by atoms with Crippen LogP contribution in [0.1, 0.15) is 5.56 Å². The van der Waals surface area contributed by atoms with Gasteiger partial charge in [-0.25, -0.2) is 4.79 Å². The van der Waals surface area contributed by atoms with Crippen molar-refractivity contribution in [2.45, 2.75) is 6.92 Å². The summed E-state index contributed by atoms with van der Waals surface area (Å²) in [6.07, 6.45) is 0. The molecule has 2 aromatic rings. The number of benzene rings is 2. The molecule has 0 aliphatic rings. The molecule has 0 aliphatic carbocycles. The summed E-state index contributed by atoms with van der Waals surface area (Å²) >= 11 is 6.05. The van der Waals surface area contributed by atoms with Gasteiger partial charge in [0.05, 0.1) is 38.6 Å². The summed E-state index contributed by atoms with van der Waals surface area (Å²) in [5, 5.41) is 5.80. The molecule has 27 heavy (non-hydrogen) atoms. The monoisotopic (exact) mass is 394 g/mol. The summed E-state index contributed by atoms with van der Waals surface area (Å²) in [7, 11) is 4.57. The lowest BCUT2D eigenvalue weighted by atomic mass is 10.2. The van der Waals surface area contributed by atoms with Crippen LogP contribution < -0.4 is 29.6 Å². The number of nitrogens with one attached hydrogen (secondary N) is 2. The summed E-state index contributed by atoms with van der Waals surface area (Å²) in [5.74, 6) is 2.13. The molecular formula is C19H23ClN2O5. The molecule has 0 spiro atoms. The molecule has 0 saturated heterocycles. The molecule has 0 fully saturated rings. The van der Waals surface area contributed by atoms with Gasteiger partial charge in [-0.15, -0.1) is 0 Å². The normalized spacial score (nSPS) is 10.1. The molecule has 0 radical (unpaired) electrons. The Hall–Kier alpha value is -2.80. The molecule has 2 aromatic carbocycles. The fourth-order valence-electron chi connectivity index (χ4n) is 2.34. The van der Waals surface area contributed by atoms with E-state index < -0.39 is 6.03 Å². The number of carbonyl (C=O) groups is 1. The molecule has 0 aliphatic heterocycles. The van der Waals surface area contributed by atoms with Crippen LogP contribution >= 0.6 is 11.6 Å². The van der Waals surface area contributed by atoms with Crippen LogP contribution in [-0.4, -0.2) is 40.5 Å². The molecule has 0 aromatic heterocycles. The summed E-state index contributed by atoms with van der Waals surface area (Å²) in [6.45, 7) is 2.56. The smallest absolute Gasteiger partial charge is 0.319 e. The number of ether oxygens (including phenoxy) is 4. The summed E-state index contributed by atoms with van der Waals surface area (Å²) < 4.78 is 21.3. The number of hydrogen-bond acceptors (Lipinski definition) is 5. The van der Waals surface area contributed by atoms with Crippen LogP contribution in [0.15, 0.2) is 30.3 Å². The maximum atomic E-state index is 12.1. The van der Waals surface area contributed by atoms with Gasteiger partial charge in [-0.1, -0.05) is 17.7 Å². The number of urea groups is 1. The average Bonchev–Trinajstić information content (AvgIpc) is 2.66. The van der Waals surface area contributed by atoms with Crippen molar-refractivity contribution >= 4 is 23.3 Å². The van der Waals surface area contributed by atoms with E-state index in [1.807, 2.05) is 25.1 Å². The number of hydrogen-bond donors (Lipinski definition) is 2. The van der Waals surface area contributed by atoms with Gasteiger partial charge in [0, 0.05) is 12.1 Å². The molecule has 0 bridgehead atoms. The van der Waals surface area contributed by atoms with Crippen molar-refractivity contribution in [3.05, 3.63) is 40.9 Å². The molecule has 8 heteroatoms. The lowest BCUT2D eigenvalue weighted by molar-refractivity contribution is 0.246. The van der Waals surface area contributed by atoms with Crippen LogP contribution in [0, 0.1) is 6.92 Å². The van der Waals surface area contributed by atoms with Gasteiger partial charge in [0.25, 0.3) is 0 Å². The fourth-order valence-corrected chi connectivity index (χ4v) is 2.58. The van der Waals surface area contributed by atoms with E-state index in [-0.39, 0.29) is 6.61 Å². The van der Waals surface area contributed by atoms with E-state index in [0.29, 0.717) is 40.3 Å². The number of halogens is 1. The van der Waals surface area contributed by atoms with Crippen LogP contribution in [0.25, 0.3) is 0 Å². The number of anilines is 1. The second-order valence-electron chi connectivity index (χ2n) is 5.57. The van der Waals surface area contributed by atoms with Crippen molar-refractivity contribution < 1.29 is 23.7 Å². The zero-order valence-electron chi connectivity index (χ0n) is 15.7. The third kappa shape index (κ3) is 5.59. The number of amides is 2. The van der Waals surface area contributed by atoms with Crippen molar-refractivity contribution in [1.82, 2.24) is 5.32 Å². The summed E-state index contributed by atoms with van der Waals surface area (Å²) in [4.78, 5) is 12.1. The highest BCUT2D eigenvalue weighted by atomic mass is 35.5. The highest BCUT2D eigenvalue weighted by Crippen LogP contribution is 2.35. The number of aryl methyl sites for hydroxylation is 1. The third-order valence-electron chi connectivity index (χ3n) is 3.69. The quantitative estimate of drug-likeness (QED) is 0.664. The largest absolute Gasteiger partial charge is 0.495 e. The van der Waals surface area contributed by atoms with Gasteiger partial charge < -0.3 is 29.6 Å². The maximum Gasteiger partial charge on any atom is 0.319 e. The van der Waals surface area contributed by atoms with E-state index >= 15 is 0 Å². The van der Waals surface area contributed by atoms with Crippen LogP contribution in [0.4, 0.5) is 10.5 Å². The van der Waals surface area contributed by atoms with Gasteiger partial charge in [-0.05, 0) is 24.6 Å². The van der Waals surface area contributed by atoms with Crippen LogP contribution in [0.2, 0.25) is 5.02 Å². The molecular weight excluding hydrogens is 372 g/mol. The van der Waals surface area contributed by atoms with Crippen molar-refractivity contribution in [3.8, 4) is 23.0 Å². The second kappa shape index (κ2) is 9.78. The highest BCUT2D eigenvalue weighted by molar-refractivity contribution is 6.32. The first-order chi connectivity index (χ1) is 13.0. The standard InChI is InChI=1S/C19H23ClN2O5/c1-12-5-6-15(18(9-12)26-4)27-8-7-21-19(23)22-14-11-16(24-2)13(20)10-17(14)25-3/h5-6,9-11H,7-8H2,1-4H3,(H2,21,22,23). The Balaban J connectivity index is 1.88. The molecule has 2 N–H and O–H groups in total. The average molecular weight is 395 g/mol. The lowest BCUT2D eigenvalue weighted by Crippen LogP contribution is -2.32. The predicted octanol–water partition coefficient (Wildman–Crippen LogP) is 3.87. The molecule has 0 unspecified atom stereocenters. The Bertz CT molecular complexity index is 798. The first kappa shape index (κ1) is 20.5. The van der Waals surface area contributed by atoms with Gasteiger partial charge >= 0.3 is 6.03 Å². The van der Waals surface area contributed by atoms with Crippen molar-refractivity contribution in [2.75, 3.05) is 39.8 Å². The molecule has 2 amide bonds. The first-order valence-corrected chi connectivity index (χ1v) is 8.60. The molecule has 0 saturated carbocycles. The van der Waals surface area contributed by atoms with Gasteiger partial charge in [0.2, 0.25) is 0 Å². The van der Waals surface area contributed by atoms with E-state index in [9.17, 15) is 4.79 Å². The Kier molecular flexibility index (Phi) is 7.43. The lowest BCUT2D eigenvalue weighted by Gasteiger charge is -2.14. The Labute approximate surface area is 163 Å². The molecule has 146 valence electrons. The zero-order valence-corrected chi connectivity index (χ0v) is 16.5. The SMILES string of the molecule is COc1cc(NC(=O)NCCOc2ccc(C)cc2OC)c(OC)cc1Cl. The molecule has 2 rings (SSSR count).